The fourth-order valence-corrected chi connectivity index (χ4v) is 3.80. The van der Waals surface area contributed by atoms with Crippen molar-refractivity contribution in [3.63, 3.8) is 0 Å². The summed E-state index contributed by atoms with van der Waals surface area (Å²) in [6.45, 7) is 1.95. The van der Waals surface area contributed by atoms with Gasteiger partial charge in [0.25, 0.3) is 0 Å². The number of hydrogen-bond donors (Lipinski definition) is 2. The van der Waals surface area contributed by atoms with Gasteiger partial charge in [-0.25, -0.2) is 14.2 Å². The molecule has 4 rings (SSSR count). The second-order valence-corrected chi connectivity index (χ2v) is 6.58. The zero-order chi connectivity index (χ0) is 17.6. The number of aromatic carboxylic acids is 1. The summed E-state index contributed by atoms with van der Waals surface area (Å²) in [5.74, 6) is -1.58. The van der Waals surface area contributed by atoms with Crippen LogP contribution in [0.5, 0.6) is 0 Å². The molecule has 0 saturated heterocycles. The number of rotatable bonds is 3. The number of thiazole rings is 1. The van der Waals surface area contributed by atoms with E-state index < -0.39 is 11.8 Å². The molecule has 124 valence electrons. The van der Waals surface area contributed by atoms with Crippen molar-refractivity contribution < 1.29 is 14.3 Å². The van der Waals surface area contributed by atoms with Crippen LogP contribution in [-0.2, 0) is 0 Å². The predicted octanol–water partition coefficient (Wildman–Crippen LogP) is 4.50. The van der Waals surface area contributed by atoms with Gasteiger partial charge < -0.3 is 5.11 Å². The molecule has 0 unspecified atom stereocenters. The number of aromatic nitrogens is 3. The van der Waals surface area contributed by atoms with Gasteiger partial charge in [0.15, 0.2) is 5.69 Å². The van der Waals surface area contributed by atoms with E-state index in [1.807, 2.05) is 25.1 Å². The number of aromatic amines is 1. The monoisotopic (exact) mass is 353 g/mol. The summed E-state index contributed by atoms with van der Waals surface area (Å²) in [7, 11) is 0. The molecule has 0 aliphatic carbocycles. The maximum absolute atomic E-state index is 13.5. The lowest BCUT2D eigenvalue weighted by Crippen LogP contribution is -1.99. The van der Waals surface area contributed by atoms with E-state index in [4.69, 9.17) is 0 Å². The number of carboxylic acids is 1. The summed E-state index contributed by atoms with van der Waals surface area (Å²) < 4.78 is 13.5. The van der Waals surface area contributed by atoms with Gasteiger partial charge in [0, 0.05) is 5.39 Å². The van der Waals surface area contributed by atoms with E-state index in [0.29, 0.717) is 21.1 Å². The van der Waals surface area contributed by atoms with Crippen LogP contribution in [0.4, 0.5) is 4.39 Å². The van der Waals surface area contributed by atoms with Crippen molar-refractivity contribution in [1.82, 2.24) is 15.2 Å². The Morgan fingerprint density at radius 3 is 2.80 bits per heavy atom. The first-order chi connectivity index (χ1) is 12.0. The van der Waals surface area contributed by atoms with E-state index in [1.54, 1.807) is 12.1 Å². The lowest BCUT2D eigenvalue weighted by atomic mass is 10.1. The average molecular weight is 353 g/mol. The number of para-hydroxylation sites is 1. The van der Waals surface area contributed by atoms with Gasteiger partial charge in [-0.15, -0.1) is 11.3 Å². The van der Waals surface area contributed by atoms with E-state index in [9.17, 15) is 14.3 Å². The number of aryl methyl sites for hydroxylation is 1. The van der Waals surface area contributed by atoms with Crippen molar-refractivity contribution in [3.8, 4) is 21.1 Å². The average Bonchev–Trinajstić information content (AvgIpc) is 3.19. The third-order valence-electron chi connectivity index (χ3n) is 3.92. The van der Waals surface area contributed by atoms with Gasteiger partial charge in [-0.1, -0.05) is 30.3 Å². The summed E-state index contributed by atoms with van der Waals surface area (Å²) >= 11 is 1.20. The summed E-state index contributed by atoms with van der Waals surface area (Å²) in [6, 6.07) is 11.6. The van der Waals surface area contributed by atoms with Crippen molar-refractivity contribution in [2.75, 3.05) is 0 Å². The lowest BCUT2D eigenvalue weighted by molar-refractivity contribution is 0.0692. The third-order valence-corrected chi connectivity index (χ3v) is 5.04. The first-order valence-corrected chi connectivity index (χ1v) is 8.30. The Balaban J connectivity index is 1.93. The highest BCUT2D eigenvalue weighted by Crippen LogP contribution is 2.37. The number of benzene rings is 2. The van der Waals surface area contributed by atoms with E-state index in [1.165, 1.54) is 23.5 Å². The number of halogens is 1. The summed E-state index contributed by atoms with van der Waals surface area (Å²) in [5.41, 5.74) is 2.88. The van der Waals surface area contributed by atoms with Crippen LogP contribution in [0.1, 0.15) is 16.1 Å². The number of carboxylic acid groups (broad SMARTS) is 1. The molecule has 2 aromatic carbocycles. The maximum Gasteiger partial charge on any atom is 0.356 e. The highest BCUT2D eigenvalue weighted by atomic mass is 32.1. The molecule has 2 N–H and O–H groups in total. The molecule has 0 amide bonds. The minimum absolute atomic E-state index is 0.0963. The smallest absolute Gasteiger partial charge is 0.356 e. The van der Waals surface area contributed by atoms with Gasteiger partial charge in [-0.3, -0.25) is 5.10 Å². The van der Waals surface area contributed by atoms with Crippen LogP contribution in [0.2, 0.25) is 0 Å². The van der Waals surface area contributed by atoms with Crippen molar-refractivity contribution >= 4 is 28.2 Å². The SMILES string of the molecule is Cc1cccc2c(-c3nc(C(=O)O)c(-c4cccc(F)c4)s3)[nH]nc12. The van der Waals surface area contributed by atoms with Gasteiger partial charge in [0.05, 0.1) is 10.4 Å². The highest BCUT2D eigenvalue weighted by Gasteiger charge is 2.22. The predicted molar refractivity (Wildman–Crippen MR) is 94.3 cm³/mol. The van der Waals surface area contributed by atoms with Crippen molar-refractivity contribution in [2.24, 2.45) is 0 Å². The Hall–Kier alpha value is -3.06. The van der Waals surface area contributed by atoms with Gasteiger partial charge in [0.2, 0.25) is 0 Å². The number of H-pyrrole nitrogens is 1. The van der Waals surface area contributed by atoms with Crippen LogP contribution >= 0.6 is 11.3 Å². The molecule has 0 radical (unpaired) electrons. The summed E-state index contributed by atoms with van der Waals surface area (Å²) in [6.07, 6.45) is 0. The third kappa shape index (κ3) is 2.58. The number of carbonyl (C=O) groups is 1. The van der Waals surface area contributed by atoms with Crippen LogP contribution in [0, 0.1) is 12.7 Å². The molecule has 2 heterocycles. The first-order valence-electron chi connectivity index (χ1n) is 7.48. The Morgan fingerprint density at radius 2 is 2.04 bits per heavy atom. The van der Waals surface area contributed by atoms with E-state index in [0.717, 1.165) is 16.5 Å². The maximum atomic E-state index is 13.5. The summed E-state index contributed by atoms with van der Waals surface area (Å²) in [4.78, 5) is 16.3. The van der Waals surface area contributed by atoms with Gasteiger partial charge in [-0.05, 0) is 30.2 Å². The number of nitrogens with zero attached hydrogens (tertiary/aromatic N) is 2. The molecule has 0 fully saturated rings. The largest absolute Gasteiger partial charge is 0.476 e. The molecule has 0 spiro atoms. The van der Waals surface area contributed by atoms with Crippen molar-refractivity contribution in [2.45, 2.75) is 6.92 Å². The van der Waals surface area contributed by atoms with Crippen LogP contribution < -0.4 is 0 Å². The second kappa shape index (κ2) is 5.78. The van der Waals surface area contributed by atoms with E-state index in [2.05, 4.69) is 15.2 Å². The molecule has 25 heavy (non-hydrogen) atoms. The molecular weight excluding hydrogens is 341 g/mol. The number of hydrogen-bond acceptors (Lipinski definition) is 4. The molecule has 7 heteroatoms. The molecule has 2 aromatic heterocycles. The highest BCUT2D eigenvalue weighted by molar-refractivity contribution is 7.18. The first kappa shape index (κ1) is 15.5. The van der Waals surface area contributed by atoms with Crippen molar-refractivity contribution in [1.29, 1.82) is 0 Å². The van der Waals surface area contributed by atoms with Gasteiger partial charge in [0.1, 0.15) is 16.5 Å². The van der Waals surface area contributed by atoms with Crippen molar-refractivity contribution in [3.05, 3.63) is 59.5 Å². The number of fused-ring (bicyclic) bond motifs is 1. The minimum Gasteiger partial charge on any atom is -0.476 e. The van der Waals surface area contributed by atoms with Crippen LogP contribution in [0.3, 0.4) is 0 Å². The van der Waals surface area contributed by atoms with Gasteiger partial charge >= 0.3 is 5.97 Å². The molecule has 0 bridgehead atoms. The van der Waals surface area contributed by atoms with Crippen LogP contribution in [0.15, 0.2) is 42.5 Å². The number of nitrogens with one attached hydrogen (secondary N) is 1. The minimum atomic E-state index is -1.15. The normalized spacial score (nSPS) is 11.1. The van der Waals surface area contributed by atoms with E-state index in [-0.39, 0.29) is 5.69 Å². The lowest BCUT2D eigenvalue weighted by Gasteiger charge is -1.98. The summed E-state index contributed by atoms with van der Waals surface area (Å²) in [5, 5.41) is 18.1. The molecule has 0 aliphatic rings. The Morgan fingerprint density at radius 1 is 1.24 bits per heavy atom. The molecule has 4 aromatic rings. The van der Waals surface area contributed by atoms with Gasteiger partial charge in [-0.2, -0.15) is 5.10 Å². The van der Waals surface area contributed by atoms with Crippen LogP contribution in [-0.4, -0.2) is 26.3 Å². The zero-order valence-electron chi connectivity index (χ0n) is 13.1. The quantitative estimate of drug-likeness (QED) is 0.568. The molecule has 0 aliphatic heterocycles. The standard InChI is InChI=1S/C18H12FN3O2S/c1-9-4-2-7-12-13(9)21-22-14(12)17-20-15(18(23)24)16(25-17)10-5-3-6-11(19)8-10/h2-8H,1H3,(H,21,22)(H,23,24). The molecule has 5 nitrogen and oxygen atoms in total. The molecule has 0 atom stereocenters. The molecular formula is C18H12FN3O2S. The topological polar surface area (TPSA) is 78.9 Å². The Labute approximate surface area is 145 Å². The fourth-order valence-electron chi connectivity index (χ4n) is 2.74. The zero-order valence-corrected chi connectivity index (χ0v) is 13.9. The second-order valence-electron chi connectivity index (χ2n) is 5.58. The van der Waals surface area contributed by atoms with Crippen LogP contribution in [0.25, 0.3) is 32.0 Å². The molecule has 0 saturated carbocycles. The Bertz CT molecular complexity index is 1120. The Kier molecular flexibility index (Phi) is 3.58. The van der Waals surface area contributed by atoms with E-state index >= 15 is 0 Å². The fraction of sp³-hybridized carbons (Fsp3) is 0.0556.